The molecule has 0 saturated heterocycles. The van der Waals surface area contributed by atoms with E-state index in [4.69, 9.17) is 5.41 Å². The molecule has 0 bridgehead atoms. The summed E-state index contributed by atoms with van der Waals surface area (Å²) in [6, 6.07) is 3.96. The second-order valence-electron chi connectivity index (χ2n) is 4.81. The van der Waals surface area contributed by atoms with Gasteiger partial charge in [-0.2, -0.15) is 0 Å². The molecule has 0 aliphatic heterocycles. The quantitative estimate of drug-likeness (QED) is 0.595. The molecular formula is C12H19N3. The number of nitrogens with zero attached hydrogens (tertiary/aromatic N) is 2. The van der Waals surface area contributed by atoms with Crippen molar-refractivity contribution in [2.24, 2.45) is 5.41 Å². The summed E-state index contributed by atoms with van der Waals surface area (Å²) in [6.45, 7) is 6.92. The molecule has 0 aromatic carbocycles. The topological polar surface area (TPSA) is 40.0 Å². The fraction of sp³-hybridized carbons (Fsp3) is 0.500. The lowest BCUT2D eigenvalue weighted by Crippen LogP contribution is -2.35. The van der Waals surface area contributed by atoms with Gasteiger partial charge in [0.15, 0.2) is 0 Å². The molecule has 0 aliphatic rings. The SMILES string of the molecule is CN(Cc1ccncc1)C(=N)C(C)(C)C. The van der Waals surface area contributed by atoms with Crippen LogP contribution in [0.3, 0.4) is 0 Å². The van der Waals surface area contributed by atoms with E-state index >= 15 is 0 Å². The Kier molecular flexibility index (Phi) is 3.45. The lowest BCUT2D eigenvalue weighted by Gasteiger charge is -2.29. The molecule has 0 unspecified atom stereocenters. The molecular weight excluding hydrogens is 186 g/mol. The highest BCUT2D eigenvalue weighted by Gasteiger charge is 2.20. The fourth-order valence-electron chi connectivity index (χ4n) is 1.41. The zero-order chi connectivity index (χ0) is 11.5. The van der Waals surface area contributed by atoms with E-state index in [-0.39, 0.29) is 5.41 Å². The van der Waals surface area contributed by atoms with E-state index in [9.17, 15) is 0 Å². The van der Waals surface area contributed by atoms with Crippen LogP contribution in [0.5, 0.6) is 0 Å². The molecule has 0 aliphatic carbocycles. The van der Waals surface area contributed by atoms with Crippen molar-refractivity contribution in [3.63, 3.8) is 0 Å². The zero-order valence-electron chi connectivity index (χ0n) is 9.91. The average molecular weight is 205 g/mol. The first-order valence-electron chi connectivity index (χ1n) is 5.10. The molecule has 15 heavy (non-hydrogen) atoms. The molecule has 0 spiro atoms. The van der Waals surface area contributed by atoms with Gasteiger partial charge >= 0.3 is 0 Å². The van der Waals surface area contributed by atoms with Crippen LogP contribution in [0.4, 0.5) is 0 Å². The maximum absolute atomic E-state index is 8.01. The Labute approximate surface area is 91.7 Å². The van der Waals surface area contributed by atoms with Crippen LogP contribution in [0.25, 0.3) is 0 Å². The standard InChI is InChI=1S/C12H19N3/c1-12(2,3)11(13)15(4)9-10-5-7-14-8-6-10/h5-8,13H,9H2,1-4H3. The van der Waals surface area contributed by atoms with Crippen molar-refractivity contribution in [2.75, 3.05) is 7.05 Å². The Balaban J connectivity index is 2.65. The molecule has 0 atom stereocenters. The maximum Gasteiger partial charge on any atom is 0.101 e. The minimum atomic E-state index is -0.0955. The molecule has 0 fully saturated rings. The van der Waals surface area contributed by atoms with Crippen LogP contribution in [0.1, 0.15) is 26.3 Å². The van der Waals surface area contributed by atoms with Crippen molar-refractivity contribution in [3.05, 3.63) is 30.1 Å². The zero-order valence-corrected chi connectivity index (χ0v) is 9.91. The van der Waals surface area contributed by atoms with Gasteiger partial charge in [0, 0.05) is 31.4 Å². The first-order chi connectivity index (χ1) is 6.91. The first kappa shape index (κ1) is 11.7. The van der Waals surface area contributed by atoms with Crippen molar-refractivity contribution >= 4 is 5.84 Å². The van der Waals surface area contributed by atoms with Gasteiger partial charge in [-0.3, -0.25) is 10.4 Å². The third kappa shape index (κ3) is 3.35. The Morgan fingerprint density at radius 2 is 1.87 bits per heavy atom. The van der Waals surface area contributed by atoms with E-state index in [2.05, 4.69) is 25.8 Å². The minimum absolute atomic E-state index is 0.0955. The molecule has 3 nitrogen and oxygen atoms in total. The summed E-state index contributed by atoms with van der Waals surface area (Å²) in [7, 11) is 1.95. The van der Waals surface area contributed by atoms with E-state index in [0.29, 0.717) is 5.84 Å². The largest absolute Gasteiger partial charge is 0.359 e. The van der Waals surface area contributed by atoms with E-state index < -0.39 is 0 Å². The summed E-state index contributed by atoms with van der Waals surface area (Å²) in [6.07, 6.45) is 3.56. The lowest BCUT2D eigenvalue weighted by molar-refractivity contribution is 0.417. The predicted octanol–water partition coefficient (Wildman–Crippen LogP) is 2.54. The first-order valence-corrected chi connectivity index (χ1v) is 5.10. The number of aromatic nitrogens is 1. The van der Waals surface area contributed by atoms with Crippen molar-refractivity contribution in [1.29, 1.82) is 5.41 Å². The van der Waals surface area contributed by atoms with Gasteiger partial charge in [-0.05, 0) is 17.7 Å². The van der Waals surface area contributed by atoms with E-state index in [1.807, 2.05) is 24.1 Å². The Hall–Kier alpha value is -1.38. The van der Waals surface area contributed by atoms with Crippen molar-refractivity contribution in [1.82, 2.24) is 9.88 Å². The number of pyridine rings is 1. The van der Waals surface area contributed by atoms with Gasteiger partial charge in [-0.15, -0.1) is 0 Å². The molecule has 1 N–H and O–H groups in total. The molecule has 1 aromatic rings. The highest BCUT2D eigenvalue weighted by Crippen LogP contribution is 2.18. The Morgan fingerprint density at radius 1 is 1.33 bits per heavy atom. The van der Waals surface area contributed by atoms with Crippen LogP contribution in [0, 0.1) is 10.8 Å². The van der Waals surface area contributed by atoms with Crippen molar-refractivity contribution < 1.29 is 0 Å². The number of amidine groups is 1. The molecule has 0 saturated carbocycles. The van der Waals surface area contributed by atoms with Crippen LogP contribution < -0.4 is 0 Å². The van der Waals surface area contributed by atoms with Crippen LogP contribution in [-0.4, -0.2) is 22.8 Å². The number of hydrogen-bond acceptors (Lipinski definition) is 2. The highest BCUT2D eigenvalue weighted by molar-refractivity contribution is 5.83. The normalized spacial score (nSPS) is 11.2. The monoisotopic (exact) mass is 205 g/mol. The molecule has 82 valence electrons. The van der Waals surface area contributed by atoms with Crippen molar-refractivity contribution in [3.8, 4) is 0 Å². The van der Waals surface area contributed by atoms with Gasteiger partial charge in [0.2, 0.25) is 0 Å². The smallest absolute Gasteiger partial charge is 0.101 e. The average Bonchev–Trinajstić information content (AvgIpc) is 2.16. The van der Waals surface area contributed by atoms with Crippen LogP contribution in [0.2, 0.25) is 0 Å². The Morgan fingerprint density at radius 3 is 2.33 bits per heavy atom. The molecule has 0 radical (unpaired) electrons. The Bertz CT molecular complexity index is 324. The van der Waals surface area contributed by atoms with Gasteiger partial charge < -0.3 is 4.90 Å². The summed E-state index contributed by atoms with van der Waals surface area (Å²) >= 11 is 0. The number of hydrogen-bond donors (Lipinski definition) is 1. The summed E-state index contributed by atoms with van der Waals surface area (Å²) < 4.78 is 0. The van der Waals surface area contributed by atoms with Crippen LogP contribution >= 0.6 is 0 Å². The van der Waals surface area contributed by atoms with Gasteiger partial charge in [0.25, 0.3) is 0 Å². The van der Waals surface area contributed by atoms with Gasteiger partial charge in [-0.25, -0.2) is 0 Å². The number of rotatable bonds is 2. The summed E-state index contributed by atoms with van der Waals surface area (Å²) in [4.78, 5) is 5.94. The maximum atomic E-state index is 8.01. The van der Waals surface area contributed by atoms with Gasteiger partial charge in [-0.1, -0.05) is 20.8 Å². The molecule has 3 heteroatoms. The molecule has 1 aromatic heterocycles. The minimum Gasteiger partial charge on any atom is -0.359 e. The van der Waals surface area contributed by atoms with E-state index in [1.165, 1.54) is 5.56 Å². The third-order valence-corrected chi connectivity index (χ3v) is 2.26. The summed E-state index contributed by atoms with van der Waals surface area (Å²) in [5.74, 6) is 0.652. The third-order valence-electron chi connectivity index (χ3n) is 2.26. The molecule has 1 rings (SSSR count). The van der Waals surface area contributed by atoms with Crippen LogP contribution in [0.15, 0.2) is 24.5 Å². The highest BCUT2D eigenvalue weighted by atomic mass is 15.1. The second-order valence-corrected chi connectivity index (χ2v) is 4.81. The van der Waals surface area contributed by atoms with Crippen molar-refractivity contribution in [2.45, 2.75) is 27.3 Å². The summed E-state index contributed by atoms with van der Waals surface area (Å²) in [5, 5.41) is 8.01. The second kappa shape index (κ2) is 4.43. The van der Waals surface area contributed by atoms with E-state index in [1.54, 1.807) is 12.4 Å². The fourth-order valence-corrected chi connectivity index (χ4v) is 1.41. The van der Waals surface area contributed by atoms with Crippen LogP contribution in [-0.2, 0) is 6.54 Å². The molecule has 1 heterocycles. The lowest BCUT2D eigenvalue weighted by atomic mass is 9.94. The van der Waals surface area contributed by atoms with E-state index in [0.717, 1.165) is 6.54 Å². The molecule has 0 amide bonds. The van der Waals surface area contributed by atoms with Gasteiger partial charge in [0.1, 0.15) is 5.84 Å². The number of nitrogens with one attached hydrogen (secondary N) is 1. The summed E-state index contributed by atoms with van der Waals surface area (Å²) in [5.41, 5.74) is 1.09. The van der Waals surface area contributed by atoms with Gasteiger partial charge in [0.05, 0.1) is 0 Å². The predicted molar refractivity (Wildman–Crippen MR) is 62.9 cm³/mol.